The SMILES string of the molecule is COc1cc(CC(C)=O)c(C(C)(F)F)cc1OC. The molecule has 0 aliphatic carbocycles. The molecule has 100 valence electrons. The van der Waals surface area contributed by atoms with E-state index in [2.05, 4.69) is 0 Å². The number of rotatable bonds is 5. The first kappa shape index (κ1) is 14.4. The molecule has 1 aromatic rings. The Bertz CT molecular complexity index is 450. The lowest BCUT2D eigenvalue weighted by atomic mass is 9.97. The van der Waals surface area contributed by atoms with E-state index < -0.39 is 5.92 Å². The topological polar surface area (TPSA) is 35.5 Å². The molecule has 18 heavy (non-hydrogen) atoms. The zero-order valence-corrected chi connectivity index (χ0v) is 10.8. The van der Waals surface area contributed by atoms with E-state index in [-0.39, 0.29) is 29.1 Å². The van der Waals surface area contributed by atoms with Gasteiger partial charge >= 0.3 is 0 Å². The van der Waals surface area contributed by atoms with E-state index in [0.29, 0.717) is 5.75 Å². The van der Waals surface area contributed by atoms with Crippen LogP contribution in [0.4, 0.5) is 8.78 Å². The van der Waals surface area contributed by atoms with Crippen LogP contribution in [0.5, 0.6) is 11.5 Å². The lowest BCUT2D eigenvalue weighted by molar-refractivity contribution is -0.116. The summed E-state index contributed by atoms with van der Waals surface area (Å²) in [4.78, 5) is 11.1. The molecule has 0 bridgehead atoms. The Balaban J connectivity index is 3.41. The molecular formula is C13H16F2O3. The Kier molecular flexibility index (Phi) is 4.27. The van der Waals surface area contributed by atoms with Crippen LogP contribution in [0.25, 0.3) is 0 Å². The molecule has 0 saturated heterocycles. The molecule has 0 fully saturated rings. The summed E-state index contributed by atoms with van der Waals surface area (Å²) in [6.45, 7) is 2.15. The van der Waals surface area contributed by atoms with E-state index in [1.165, 1.54) is 33.3 Å². The quantitative estimate of drug-likeness (QED) is 0.814. The van der Waals surface area contributed by atoms with Crippen LogP contribution in [-0.4, -0.2) is 20.0 Å². The summed E-state index contributed by atoms with van der Waals surface area (Å²) in [7, 11) is 2.79. The van der Waals surface area contributed by atoms with Crippen molar-refractivity contribution < 1.29 is 23.0 Å². The molecule has 5 heteroatoms. The van der Waals surface area contributed by atoms with Crippen LogP contribution in [0.15, 0.2) is 12.1 Å². The maximum Gasteiger partial charge on any atom is 0.270 e. The van der Waals surface area contributed by atoms with Gasteiger partial charge in [-0.3, -0.25) is 4.79 Å². The summed E-state index contributed by atoms with van der Waals surface area (Å²) >= 11 is 0. The van der Waals surface area contributed by atoms with Crippen LogP contribution >= 0.6 is 0 Å². The van der Waals surface area contributed by atoms with Gasteiger partial charge in [0.25, 0.3) is 5.92 Å². The molecule has 0 spiro atoms. The number of carbonyl (C=O) groups excluding carboxylic acids is 1. The molecule has 1 aromatic carbocycles. The van der Waals surface area contributed by atoms with Crippen molar-refractivity contribution in [2.45, 2.75) is 26.2 Å². The summed E-state index contributed by atoms with van der Waals surface area (Å²) in [5.41, 5.74) is 0.0444. The van der Waals surface area contributed by atoms with Crippen molar-refractivity contribution in [1.82, 2.24) is 0 Å². The number of benzene rings is 1. The van der Waals surface area contributed by atoms with Gasteiger partial charge in [0.2, 0.25) is 0 Å². The molecule has 0 heterocycles. The Hall–Kier alpha value is -1.65. The van der Waals surface area contributed by atoms with Crippen LogP contribution in [0.1, 0.15) is 25.0 Å². The molecule has 1 rings (SSSR count). The number of hydrogen-bond donors (Lipinski definition) is 0. The normalized spacial score (nSPS) is 11.2. The Labute approximate surface area is 105 Å². The number of halogens is 2. The average Bonchev–Trinajstić information content (AvgIpc) is 2.26. The number of ether oxygens (including phenoxy) is 2. The molecule has 0 aromatic heterocycles. The lowest BCUT2D eigenvalue weighted by Gasteiger charge is -2.18. The highest BCUT2D eigenvalue weighted by molar-refractivity contribution is 5.79. The predicted molar refractivity (Wildman–Crippen MR) is 63.5 cm³/mol. The van der Waals surface area contributed by atoms with Gasteiger partial charge in [0.15, 0.2) is 11.5 Å². The Morgan fingerprint density at radius 2 is 1.72 bits per heavy atom. The van der Waals surface area contributed by atoms with Gasteiger partial charge in [-0.2, -0.15) is 0 Å². The zero-order chi connectivity index (χ0) is 13.9. The molecule has 0 aliphatic rings. The second-order valence-corrected chi connectivity index (χ2v) is 4.13. The van der Waals surface area contributed by atoms with Gasteiger partial charge in [-0.15, -0.1) is 0 Å². The highest BCUT2D eigenvalue weighted by Crippen LogP contribution is 2.38. The van der Waals surface area contributed by atoms with Crippen LogP contribution in [0, 0.1) is 0 Å². The summed E-state index contributed by atoms with van der Waals surface area (Å²) in [5, 5.41) is 0. The smallest absolute Gasteiger partial charge is 0.270 e. The second-order valence-electron chi connectivity index (χ2n) is 4.13. The first-order valence-electron chi connectivity index (χ1n) is 5.42. The highest BCUT2D eigenvalue weighted by Gasteiger charge is 2.29. The third kappa shape index (κ3) is 3.18. The van der Waals surface area contributed by atoms with Gasteiger partial charge in [-0.1, -0.05) is 0 Å². The summed E-state index contributed by atoms with van der Waals surface area (Å²) < 4.78 is 37.1. The lowest BCUT2D eigenvalue weighted by Crippen LogP contribution is -2.13. The maximum atomic E-state index is 13.5. The van der Waals surface area contributed by atoms with E-state index in [4.69, 9.17) is 9.47 Å². The van der Waals surface area contributed by atoms with Gasteiger partial charge in [-0.25, -0.2) is 8.78 Å². The van der Waals surface area contributed by atoms with Crippen LogP contribution < -0.4 is 9.47 Å². The van der Waals surface area contributed by atoms with Crippen molar-refractivity contribution in [2.24, 2.45) is 0 Å². The van der Waals surface area contributed by atoms with E-state index in [1.54, 1.807) is 0 Å². The maximum absolute atomic E-state index is 13.5. The number of ketones is 1. The van der Waals surface area contributed by atoms with Crippen LogP contribution in [0.3, 0.4) is 0 Å². The Morgan fingerprint density at radius 1 is 1.22 bits per heavy atom. The molecule has 0 unspecified atom stereocenters. The van der Waals surface area contributed by atoms with Crippen molar-refractivity contribution in [1.29, 1.82) is 0 Å². The largest absolute Gasteiger partial charge is 0.493 e. The van der Waals surface area contributed by atoms with E-state index >= 15 is 0 Å². The van der Waals surface area contributed by atoms with Crippen molar-refractivity contribution in [3.63, 3.8) is 0 Å². The summed E-state index contributed by atoms with van der Waals surface area (Å²) in [6, 6.07) is 2.64. The molecule has 0 amide bonds. The number of carbonyl (C=O) groups is 1. The first-order valence-corrected chi connectivity index (χ1v) is 5.42. The van der Waals surface area contributed by atoms with Gasteiger partial charge in [-0.05, 0) is 24.6 Å². The van der Waals surface area contributed by atoms with Crippen molar-refractivity contribution in [3.05, 3.63) is 23.3 Å². The van der Waals surface area contributed by atoms with Crippen molar-refractivity contribution in [2.75, 3.05) is 14.2 Å². The summed E-state index contributed by atoms with van der Waals surface area (Å²) in [5.74, 6) is -2.67. The molecule has 0 atom stereocenters. The minimum atomic E-state index is -3.04. The minimum absolute atomic E-state index is 0.0564. The monoisotopic (exact) mass is 258 g/mol. The van der Waals surface area contributed by atoms with Gasteiger partial charge < -0.3 is 9.47 Å². The average molecular weight is 258 g/mol. The van der Waals surface area contributed by atoms with Gasteiger partial charge in [0, 0.05) is 18.9 Å². The molecule has 3 nitrogen and oxygen atoms in total. The molecule has 0 radical (unpaired) electrons. The van der Waals surface area contributed by atoms with E-state index in [9.17, 15) is 13.6 Å². The molecule has 0 saturated carbocycles. The zero-order valence-electron chi connectivity index (χ0n) is 10.8. The Morgan fingerprint density at radius 3 is 2.11 bits per heavy atom. The number of methoxy groups -OCH3 is 2. The first-order chi connectivity index (χ1) is 8.29. The number of alkyl halides is 2. The van der Waals surface area contributed by atoms with Gasteiger partial charge in [0.1, 0.15) is 5.78 Å². The van der Waals surface area contributed by atoms with Crippen molar-refractivity contribution in [3.8, 4) is 11.5 Å². The fraction of sp³-hybridized carbons (Fsp3) is 0.462. The number of hydrogen-bond acceptors (Lipinski definition) is 3. The minimum Gasteiger partial charge on any atom is -0.493 e. The van der Waals surface area contributed by atoms with Crippen LogP contribution in [-0.2, 0) is 17.1 Å². The third-order valence-corrected chi connectivity index (χ3v) is 2.52. The predicted octanol–water partition coefficient (Wildman–Crippen LogP) is 2.95. The molecule has 0 aliphatic heterocycles. The molecular weight excluding hydrogens is 242 g/mol. The van der Waals surface area contributed by atoms with E-state index in [0.717, 1.165) is 6.92 Å². The highest BCUT2D eigenvalue weighted by atomic mass is 19.3. The summed E-state index contributed by atoms with van der Waals surface area (Å²) in [6.07, 6.45) is -0.0564. The van der Waals surface area contributed by atoms with Crippen LogP contribution in [0.2, 0.25) is 0 Å². The second kappa shape index (κ2) is 5.33. The van der Waals surface area contributed by atoms with Gasteiger partial charge in [0.05, 0.1) is 14.2 Å². The third-order valence-electron chi connectivity index (χ3n) is 2.52. The number of Topliss-reactive ketones (excluding diaryl/α,β-unsaturated/α-hetero) is 1. The van der Waals surface area contributed by atoms with Crippen molar-refractivity contribution >= 4 is 5.78 Å². The van der Waals surface area contributed by atoms with E-state index in [1.807, 2.05) is 0 Å². The fourth-order valence-electron chi connectivity index (χ4n) is 1.74. The fourth-order valence-corrected chi connectivity index (χ4v) is 1.74. The standard InChI is InChI=1S/C13H16F2O3/c1-8(16)5-9-6-11(17-3)12(18-4)7-10(9)13(2,14)15/h6-7H,5H2,1-4H3. The molecule has 0 N–H and O–H groups in total.